The van der Waals surface area contributed by atoms with Crippen molar-refractivity contribution in [3.8, 4) is 0 Å². The minimum atomic E-state index is -0.471. The van der Waals surface area contributed by atoms with Gasteiger partial charge in [0, 0.05) is 26.0 Å². The quantitative estimate of drug-likeness (QED) is 0.876. The zero-order chi connectivity index (χ0) is 13.7. The molecule has 2 rings (SSSR count). The van der Waals surface area contributed by atoms with Crippen LogP contribution >= 0.6 is 24.8 Å². The second-order valence-corrected chi connectivity index (χ2v) is 5.05. The molecule has 1 fully saturated rings. The lowest BCUT2D eigenvalue weighted by atomic mass is 9.79. The zero-order valence-electron chi connectivity index (χ0n) is 12.1. The van der Waals surface area contributed by atoms with E-state index in [9.17, 15) is 4.79 Å². The molecule has 0 bridgehead atoms. The number of rotatable bonds is 4. The molecular weight excluding hydrogens is 313 g/mol. The van der Waals surface area contributed by atoms with Crippen LogP contribution in [0.2, 0.25) is 0 Å². The van der Waals surface area contributed by atoms with Crippen molar-refractivity contribution in [2.24, 2.45) is 11.1 Å². The fraction of sp³-hybridized carbons (Fsp3) is 0.571. The van der Waals surface area contributed by atoms with Crippen molar-refractivity contribution in [1.29, 1.82) is 0 Å². The Balaban J connectivity index is 0.00000200. The molecule has 0 saturated carbocycles. The lowest BCUT2D eigenvalue weighted by Gasteiger charge is -2.34. The van der Waals surface area contributed by atoms with Crippen LogP contribution < -0.4 is 11.1 Å². The van der Waals surface area contributed by atoms with Crippen molar-refractivity contribution in [1.82, 2.24) is 10.3 Å². The summed E-state index contributed by atoms with van der Waals surface area (Å²) in [5.74, 6) is 0.0170. The van der Waals surface area contributed by atoms with E-state index in [1.54, 1.807) is 6.20 Å². The second kappa shape index (κ2) is 9.20. The number of aryl methyl sites for hydroxylation is 1. The molecule has 5 nitrogen and oxygen atoms in total. The highest BCUT2D eigenvalue weighted by molar-refractivity contribution is 5.85. The highest BCUT2D eigenvalue weighted by Crippen LogP contribution is 2.29. The Labute approximate surface area is 137 Å². The second-order valence-electron chi connectivity index (χ2n) is 5.05. The Hall–Kier alpha value is -0.880. The molecule has 0 radical (unpaired) electrons. The average Bonchev–Trinajstić information content (AvgIpc) is 2.46. The number of halogens is 2. The Morgan fingerprint density at radius 3 is 2.67 bits per heavy atom. The van der Waals surface area contributed by atoms with Crippen molar-refractivity contribution in [2.75, 3.05) is 19.8 Å². The normalized spacial score (nSPS) is 16.3. The number of nitrogens with one attached hydrogen (secondary N) is 1. The van der Waals surface area contributed by atoms with E-state index in [0.29, 0.717) is 39.1 Å². The van der Waals surface area contributed by atoms with Crippen LogP contribution in [-0.2, 0) is 16.1 Å². The monoisotopic (exact) mass is 335 g/mol. The number of aromatic nitrogens is 1. The van der Waals surface area contributed by atoms with Crippen LogP contribution in [0.1, 0.15) is 24.1 Å². The van der Waals surface area contributed by atoms with E-state index in [-0.39, 0.29) is 30.7 Å². The Morgan fingerprint density at radius 1 is 1.43 bits per heavy atom. The van der Waals surface area contributed by atoms with Gasteiger partial charge in [0.1, 0.15) is 0 Å². The Kier molecular flexibility index (Phi) is 8.82. The van der Waals surface area contributed by atoms with E-state index in [4.69, 9.17) is 10.5 Å². The molecule has 1 aliphatic heterocycles. The molecule has 0 spiro atoms. The fourth-order valence-corrected chi connectivity index (χ4v) is 2.34. The molecule has 0 aromatic carbocycles. The van der Waals surface area contributed by atoms with Crippen molar-refractivity contribution >= 4 is 30.7 Å². The molecule has 1 aromatic rings. The maximum absolute atomic E-state index is 12.4. The van der Waals surface area contributed by atoms with Gasteiger partial charge in [0.05, 0.1) is 17.7 Å². The summed E-state index contributed by atoms with van der Waals surface area (Å²) < 4.78 is 5.31. The smallest absolute Gasteiger partial charge is 0.227 e. The van der Waals surface area contributed by atoms with E-state index >= 15 is 0 Å². The first-order valence-electron chi connectivity index (χ1n) is 6.64. The van der Waals surface area contributed by atoms with E-state index in [0.717, 1.165) is 11.3 Å². The third kappa shape index (κ3) is 4.81. The lowest BCUT2D eigenvalue weighted by molar-refractivity contribution is -0.136. The van der Waals surface area contributed by atoms with Gasteiger partial charge in [-0.05, 0) is 31.4 Å². The number of carbonyl (C=O) groups is 1. The maximum Gasteiger partial charge on any atom is 0.227 e. The standard InChI is InChI=1S/C14H21N3O2.2ClH/c1-11-3-2-6-16-12(11)9-17-13(18)14(10-15)4-7-19-8-5-14;;/h2-3,6H,4-5,7-10,15H2,1H3,(H,17,18);2*1H. The van der Waals surface area contributed by atoms with Crippen LogP contribution in [0, 0.1) is 12.3 Å². The number of ether oxygens (including phenoxy) is 1. The number of carbonyl (C=O) groups excluding carboxylic acids is 1. The van der Waals surface area contributed by atoms with E-state index in [1.165, 1.54) is 0 Å². The van der Waals surface area contributed by atoms with Crippen LogP contribution in [0.15, 0.2) is 18.3 Å². The van der Waals surface area contributed by atoms with Gasteiger partial charge in [-0.15, -0.1) is 24.8 Å². The Bertz CT molecular complexity index is 452. The first-order chi connectivity index (χ1) is 9.18. The molecule has 0 unspecified atom stereocenters. The van der Waals surface area contributed by atoms with Crippen LogP contribution in [0.25, 0.3) is 0 Å². The molecule has 1 amide bonds. The summed E-state index contributed by atoms with van der Waals surface area (Å²) in [5.41, 5.74) is 7.31. The number of nitrogens with two attached hydrogens (primary N) is 1. The molecule has 2 heterocycles. The van der Waals surface area contributed by atoms with E-state index < -0.39 is 5.41 Å². The molecule has 1 saturated heterocycles. The zero-order valence-corrected chi connectivity index (χ0v) is 13.8. The predicted octanol–water partition coefficient (Wildman–Crippen LogP) is 1.61. The third-order valence-corrected chi connectivity index (χ3v) is 3.86. The van der Waals surface area contributed by atoms with Gasteiger partial charge in [-0.2, -0.15) is 0 Å². The fourth-order valence-electron chi connectivity index (χ4n) is 2.34. The van der Waals surface area contributed by atoms with Gasteiger partial charge in [-0.3, -0.25) is 9.78 Å². The van der Waals surface area contributed by atoms with Gasteiger partial charge in [0.25, 0.3) is 0 Å². The molecule has 1 aromatic heterocycles. The molecule has 7 heteroatoms. The molecule has 0 aliphatic carbocycles. The van der Waals surface area contributed by atoms with Crippen molar-refractivity contribution < 1.29 is 9.53 Å². The summed E-state index contributed by atoms with van der Waals surface area (Å²) in [4.78, 5) is 16.6. The summed E-state index contributed by atoms with van der Waals surface area (Å²) in [5, 5.41) is 2.96. The molecular formula is C14H23Cl2N3O2. The maximum atomic E-state index is 12.4. The van der Waals surface area contributed by atoms with Crippen LogP contribution in [0.3, 0.4) is 0 Å². The van der Waals surface area contributed by atoms with Gasteiger partial charge in [0.15, 0.2) is 0 Å². The van der Waals surface area contributed by atoms with Gasteiger partial charge in [-0.1, -0.05) is 6.07 Å². The summed E-state index contributed by atoms with van der Waals surface area (Å²) in [6.07, 6.45) is 3.12. The molecule has 120 valence electrons. The number of hydrogen-bond acceptors (Lipinski definition) is 4. The van der Waals surface area contributed by atoms with Crippen LogP contribution in [0.5, 0.6) is 0 Å². The van der Waals surface area contributed by atoms with Gasteiger partial charge >= 0.3 is 0 Å². The summed E-state index contributed by atoms with van der Waals surface area (Å²) >= 11 is 0. The van der Waals surface area contributed by atoms with Crippen LogP contribution in [0.4, 0.5) is 0 Å². The van der Waals surface area contributed by atoms with E-state index in [2.05, 4.69) is 10.3 Å². The average molecular weight is 336 g/mol. The van der Waals surface area contributed by atoms with E-state index in [1.807, 2.05) is 19.1 Å². The predicted molar refractivity (Wildman–Crippen MR) is 86.9 cm³/mol. The topological polar surface area (TPSA) is 77.2 Å². The number of pyridine rings is 1. The molecule has 1 aliphatic rings. The SMILES string of the molecule is Cc1cccnc1CNC(=O)C1(CN)CCOCC1.Cl.Cl. The molecule has 21 heavy (non-hydrogen) atoms. The summed E-state index contributed by atoms with van der Waals surface area (Å²) in [7, 11) is 0. The summed E-state index contributed by atoms with van der Waals surface area (Å²) in [6.45, 7) is 4.01. The van der Waals surface area contributed by atoms with Gasteiger partial charge < -0.3 is 15.8 Å². The summed E-state index contributed by atoms with van der Waals surface area (Å²) in [6, 6.07) is 3.88. The molecule has 3 N–H and O–H groups in total. The number of hydrogen-bond donors (Lipinski definition) is 2. The number of nitrogens with zero attached hydrogens (tertiary/aromatic N) is 1. The minimum Gasteiger partial charge on any atom is -0.381 e. The highest BCUT2D eigenvalue weighted by atomic mass is 35.5. The minimum absolute atomic E-state index is 0. The van der Waals surface area contributed by atoms with Crippen molar-refractivity contribution in [3.05, 3.63) is 29.6 Å². The first kappa shape index (κ1) is 20.1. The Morgan fingerprint density at radius 2 is 2.10 bits per heavy atom. The molecule has 0 atom stereocenters. The first-order valence-corrected chi connectivity index (χ1v) is 6.64. The largest absolute Gasteiger partial charge is 0.381 e. The third-order valence-electron chi connectivity index (χ3n) is 3.86. The van der Waals surface area contributed by atoms with Gasteiger partial charge in [0.2, 0.25) is 5.91 Å². The number of amides is 1. The van der Waals surface area contributed by atoms with Gasteiger partial charge in [-0.25, -0.2) is 0 Å². The highest BCUT2D eigenvalue weighted by Gasteiger charge is 2.38. The lowest BCUT2D eigenvalue weighted by Crippen LogP contribution is -2.49. The van der Waals surface area contributed by atoms with Crippen molar-refractivity contribution in [3.63, 3.8) is 0 Å². The van der Waals surface area contributed by atoms with Crippen molar-refractivity contribution in [2.45, 2.75) is 26.3 Å². The van der Waals surface area contributed by atoms with Crippen LogP contribution in [-0.4, -0.2) is 30.6 Å².